The summed E-state index contributed by atoms with van der Waals surface area (Å²) in [6.07, 6.45) is 12.1. The van der Waals surface area contributed by atoms with Crippen molar-refractivity contribution in [1.29, 1.82) is 0 Å². The van der Waals surface area contributed by atoms with Gasteiger partial charge in [-0.05, 0) is 45.2 Å². The zero-order valence-corrected chi connectivity index (χ0v) is 21.2. The molecular weight excluding hydrogens is 354 g/mol. The molecule has 2 atom stereocenters. The van der Waals surface area contributed by atoms with Crippen molar-refractivity contribution in [2.24, 2.45) is 0 Å². The Bertz CT molecular complexity index is 524. The highest BCUT2D eigenvalue weighted by atomic mass is 16.5. The Hall–Kier alpha value is -1.18. The van der Waals surface area contributed by atoms with Crippen molar-refractivity contribution in [2.45, 2.75) is 138 Å². The van der Waals surface area contributed by atoms with Crippen molar-refractivity contribution in [3.05, 3.63) is 23.3 Å². The van der Waals surface area contributed by atoms with Gasteiger partial charge in [-0.25, -0.2) is 0 Å². The van der Waals surface area contributed by atoms with Crippen molar-refractivity contribution in [3.8, 4) is 5.75 Å². The third-order valence-electron chi connectivity index (χ3n) is 5.45. The molecule has 0 amide bonds. The molecule has 1 aromatic carbocycles. The molecule has 0 aromatic heterocycles. The van der Waals surface area contributed by atoms with Gasteiger partial charge in [-0.3, -0.25) is 0 Å². The molecule has 0 spiro atoms. The van der Waals surface area contributed by atoms with E-state index in [2.05, 4.69) is 52.1 Å². The van der Waals surface area contributed by atoms with Gasteiger partial charge in [0.05, 0.1) is 6.10 Å². The van der Waals surface area contributed by atoms with Crippen LogP contribution in [0.4, 0.5) is 5.69 Å². The normalized spacial score (nSPS) is 16.9. The van der Waals surface area contributed by atoms with E-state index in [-0.39, 0.29) is 6.10 Å². The number of benzene rings is 1. The SMILES string of the molecule is CC.CC.CCCCCCCC1c2c(OC(C)C)ccc(C)c2NC1CCCC. The number of fused-ring (bicyclic) bond motifs is 1. The van der Waals surface area contributed by atoms with Gasteiger partial charge in [0.25, 0.3) is 0 Å². The second kappa shape index (κ2) is 16.6. The summed E-state index contributed by atoms with van der Waals surface area (Å²) < 4.78 is 6.20. The Kier molecular flexibility index (Phi) is 15.9. The highest BCUT2D eigenvalue weighted by Gasteiger charge is 2.35. The summed E-state index contributed by atoms with van der Waals surface area (Å²) >= 11 is 0. The first kappa shape index (κ1) is 27.8. The quantitative estimate of drug-likeness (QED) is 0.370. The summed E-state index contributed by atoms with van der Waals surface area (Å²) in [7, 11) is 0. The highest BCUT2D eigenvalue weighted by molar-refractivity contribution is 5.68. The lowest BCUT2D eigenvalue weighted by molar-refractivity contribution is 0.238. The van der Waals surface area contributed by atoms with Crippen LogP contribution in [-0.4, -0.2) is 12.1 Å². The number of hydrogen-bond donors (Lipinski definition) is 1. The van der Waals surface area contributed by atoms with E-state index in [1.165, 1.54) is 74.6 Å². The monoisotopic (exact) mass is 405 g/mol. The molecule has 0 saturated heterocycles. The maximum absolute atomic E-state index is 6.20. The Morgan fingerprint density at radius 2 is 1.48 bits per heavy atom. The summed E-state index contributed by atoms with van der Waals surface area (Å²) in [4.78, 5) is 0. The number of unbranched alkanes of at least 4 members (excludes halogenated alkanes) is 5. The van der Waals surface area contributed by atoms with Gasteiger partial charge in [-0.1, -0.05) is 92.6 Å². The van der Waals surface area contributed by atoms with Crippen LogP contribution in [0.15, 0.2) is 12.1 Å². The molecule has 1 N–H and O–H groups in total. The van der Waals surface area contributed by atoms with Crippen molar-refractivity contribution >= 4 is 5.69 Å². The second-order valence-corrected chi connectivity index (χ2v) is 8.04. The minimum atomic E-state index is 0.228. The first-order valence-electron chi connectivity index (χ1n) is 12.6. The number of anilines is 1. The van der Waals surface area contributed by atoms with E-state index in [1.807, 2.05) is 27.7 Å². The molecule has 2 nitrogen and oxygen atoms in total. The predicted molar refractivity (Wildman–Crippen MR) is 133 cm³/mol. The lowest BCUT2D eigenvalue weighted by Crippen LogP contribution is -2.21. The minimum Gasteiger partial charge on any atom is -0.491 e. The van der Waals surface area contributed by atoms with Crippen LogP contribution in [0.2, 0.25) is 0 Å². The van der Waals surface area contributed by atoms with Gasteiger partial charge >= 0.3 is 0 Å². The first-order chi connectivity index (χ1) is 14.1. The molecule has 0 aliphatic carbocycles. The third-order valence-corrected chi connectivity index (χ3v) is 5.45. The van der Waals surface area contributed by atoms with Crippen LogP contribution in [0.5, 0.6) is 5.75 Å². The van der Waals surface area contributed by atoms with Gasteiger partial charge in [0.1, 0.15) is 5.75 Å². The van der Waals surface area contributed by atoms with Gasteiger partial charge in [0.2, 0.25) is 0 Å². The number of hydrogen-bond acceptors (Lipinski definition) is 2. The van der Waals surface area contributed by atoms with Gasteiger partial charge in [-0.2, -0.15) is 0 Å². The Morgan fingerprint density at radius 3 is 2.07 bits per heavy atom. The number of rotatable bonds is 11. The topological polar surface area (TPSA) is 21.3 Å². The largest absolute Gasteiger partial charge is 0.491 e. The molecule has 0 bridgehead atoms. The molecule has 1 aliphatic rings. The molecule has 1 aliphatic heterocycles. The molecule has 170 valence electrons. The van der Waals surface area contributed by atoms with E-state index in [1.54, 1.807) is 0 Å². The maximum Gasteiger partial charge on any atom is 0.125 e. The fraction of sp³-hybridized carbons (Fsp3) is 0.778. The number of nitrogens with one attached hydrogen (secondary N) is 1. The van der Waals surface area contributed by atoms with Crippen molar-refractivity contribution in [1.82, 2.24) is 0 Å². The lowest BCUT2D eigenvalue weighted by atomic mass is 9.86. The van der Waals surface area contributed by atoms with Crippen LogP contribution in [0.3, 0.4) is 0 Å². The molecule has 2 unspecified atom stereocenters. The van der Waals surface area contributed by atoms with E-state index >= 15 is 0 Å². The van der Waals surface area contributed by atoms with Crippen LogP contribution in [0.1, 0.15) is 130 Å². The average Bonchev–Trinajstić information content (AvgIpc) is 3.10. The summed E-state index contributed by atoms with van der Waals surface area (Å²) in [6, 6.07) is 4.99. The highest BCUT2D eigenvalue weighted by Crippen LogP contribution is 2.47. The second-order valence-electron chi connectivity index (χ2n) is 8.04. The smallest absolute Gasteiger partial charge is 0.125 e. The van der Waals surface area contributed by atoms with Crippen LogP contribution in [0, 0.1) is 6.92 Å². The first-order valence-corrected chi connectivity index (χ1v) is 12.6. The van der Waals surface area contributed by atoms with Crippen molar-refractivity contribution in [2.75, 3.05) is 5.32 Å². The van der Waals surface area contributed by atoms with Gasteiger partial charge in [-0.15, -0.1) is 0 Å². The molecule has 1 heterocycles. The van der Waals surface area contributed by atoms with Gasteiger partial charge in [0.15, 0.2) is 0 Å². The molecule has 2 heteroatoms. The van der Waals surface area contributed by atoms with Crippen molar-refractivity contribution in [3.63, 3.8) is 0 Å². The van der Waals surface area contributed by atoms with E-state index < -0.39 is 0 Å². The Labute approximate surface area is 183 Å². The number of ether oxygens (including phenoxy) is 1. The number of aryl methyl sites for hydroxylation is 1. The predicted octanol–water partition coefficient (Wildman–Crippen LogP) is 9.26. The fourth-order valence-electron chi connectivity index (χ4n) is 4.12. The van der Waals surface area contributed by atoms with Gasteiger partial charge < -0.3 is 10.1 Å². The van der Waals surface area contributed by atoms with Gasteiger partial charge in [0, 0.05) is 23.2 Å². The summed E-state index contributed by atoms with van der Waals surface area (Å²) in [5.74, 6) is 1.72. The van der Waals surface area contributed by atoms with Crippen molar-refractivity contribution < 1.29 is 4.74 Å². The Morgan fingerprint density at radius 1 is 0.862 bits per heavy atom. The molecule has 2 rings (SSSR count). The molecular formula is C27H51NO. The summed E-state index contributed by atoms with van der Waals surface area (Å²) in [6.45, 7) is 19.1. The van der Waals surface area contributed by atoms with Crippen LogP contribution in [0.25, 0.3) is 0 Å². The van der Waals surface area contributed by atoms with Crippen LogP contribution >= 0.6 is 0 Å². The zero-order valence-electron chi connectivity index (χ0n) is 21.2. The standard InChI is InChI=1S/C23H39NO.2C2H6/c1-6-8-10-11-12-13-19-20(14-9-7-2)24-23-18(5)15-16-21(22(19)23)25-17(3)4;2*1-2/h15-17,19-20,24H,6-14H2,1-5H3;2*1-2H3. The minimum absolute atomic E-state index is 0.228. The molecule has 1 aromatic rings. The van der Waals surface area contributed by atoms with E-state index in [9.17, 15) is 0 Å². The molecule has 0 saturated carbocycles. The summed E-state index contributed by atoms with van der Waals surface area (Å²) in [5, 5.41) is 3.87. The van der Waals surface area contributed by atoms with E-state index in [0.717, 1.165) is 5.75 Å². The van der Waals surface area contributed by atoms with Crippen LogP contribution < -0.4 is 10.1 Å². The third kappa shape index (κ3) is 9.01. The van der Waals surface area contributed by atoms with E-state index in [0.29, 0.717) is 12.0 Å². The van der Waals surface area contributed by atoms with E-state index in [4.69, 9.17) is 4.74 Å². The molecule has 29 heavy (non-hydrogen) atoms. The zero-order chi connectivity index (χ0) is 22.2. The van der Waals surface area contributed by atoms with Crippen LogP contribution in [-0.2, 0) is 0 Å². The Balaban J connectivity index is 0.00000184. The summed E-state index contributed by atoms with van der Waals surface area (Å²) in [5.41, 5.74) is 4.18. The molecule has 0 radical (unpaired) electrons. The molecule has 0 fully saturated rings. The fourth-order valence-corrected chi connectivity index (χ4v) is 4.12. The lowest BCUT2D eigenvalue weighted by Gasteiger charge is -2.22. The average molecular weight is 406 g/mol. The maximum atomic E-state index is 6.20.